The lowest BCUT2D eigenvalue weighted by atomic mass is 10.2. The normalized spacial score (nSPS) is 28.6. The molecular weight excluding hydrogens is 230 g/mol. The van der Waals surface area contributed by atoms with Crippen molar-refractivity contribution in [1.82, 2.24) is 10.3 Å². The van der Waals surface area contributed by atoms with Gasteiger partial charge in [-0.2, -0.15) is 0 Å². The molecule has 1 aromatic rings. The molecule has 2 aliphatic rings. The van der Waals surface area contributed by atoms with Crippen molar-refractivity contribution >= 4 is 11.8 Å². The van der Waals surface area contributed by atoms with Crippen LogP contribution in [-0.4, -0.2) is 36.7 Å². The third-order valence-corrected chi connectivity index (χ3v) is 3.70. The molecule has 0 aromatic carbocycles. The second kappa shape index (κ2) is 4.57. The fourth-order valence-corrected chi connectivity index (χ4v) is 2.68. The van der Waals surface area contributed by atoms with Gasteiger partial charge in [0.1, 0.15) is 11.4 Å². The zero-order valence-electron chi connectivity index (χ0n) is 10.3. The Balaban J connectivity index is 1.73. The monoisotopic (exact) mass is 247 g/mol. The van der Waals surface area contributed by atoms with Crippen LogP contribution in [0.3, 0.4) is 0 Å². The van der Waals surface area contributed by atoms with Crippen molar-refractivity contribution in [2.75, 3.05) is 25.0 Å². The van der Waals surface area contributed by atoms with Gasteiger partial charge in [0.05, 0.1) is 6.61 Å². The van der Waals surface area contributed by atoms with Crippen LogP contribution in [0.25, 0.3) is 0 Å². The molecule has 2 unspecified atom stereocenters. The van der Waals surface area contributed by atoms with Gasteiger partial charge in [0.15, 0.2) is 0 Å². The zero-order valence-corrected chi connectivity index (χ0v) is 10.3. The van der Waals surface area contributed by atoms with E-state index in [9.17, 15) is 4.79 Å². The number of ether oxygens (including phenoxy) is 1. The van der Waals surface area contributed by atoms with Crippen LogP contribution in [0.5, 0.6) is 0 Å². The summed E-state index contributed by atoms with van der Waals surface area (Å²) in [5, 5.41) is 6.72. The van der Waals surface area contributed by atoms with E-state index in [0.29, 0.717) is 35.9 Å². The van der Waals surface area contributed by atoms with Crippen LogP contribution in [0.2, 0.25) is 0 Å². The largest absolute Gasteiger partial charge is 0.462 e. The van der Waals surface area contributed by atoms with E-state index in [-0.39, 0.29) is 5.97 Å². The van der Waals surface area contributed by atoms with E-state index in [2.05, 4.69) is 15.6 Å². The number of esters is 1. The molecule has 5 nitrogen and oxygen atoms in total. The van der Waals surface area contributed by atoms with Crippen LogP contribution < -0.4 is 10.6 Å². The summed E-state index contributed by atoms with van der Waals surface area (Å²) in [6, 6.07) is 3.96. The van der Waals surface area contributed by atoms with Gasteiger partial charge in [-0.05, 0) is 30.9 Å². The zero-order chi connectivity index (χ0) is 12.5. The summed E-state index contributed by atoms with van der Waals surface area (Å²) >= 11 is 0. The van der Waals surface area contributed by atoms with Gasteiger partial charge in [-0.1, -0.05) is 0 Å². The van der Waals surface area contributed by atoms with Crippen LogP contribution in [-0.2, 0) is 4.74 Å². The minimum atomic E-state index is -0.308. The topological polar surface area (TPSA) is 63.2 Å². The molecule has 2 atom stereocenters. The molecule has 2 heterocycles. The first-order chi connectivity index (χ1) is 8.81. The Kier molecular flexibility index (Phi) is 2.91. The Hall–Kier alpha value is -1.62. The highest BCUT2D eigenvalue weighted by Crippen LogP contribution is 2.43. The molecule has 5 heteroatoms. The molecule has 3 rings (SSSR count). The third-order valence-electron chi connectivity index (χ3n) is 3.70. The molecule has 0 bridgehead atoms. The van der Waals surface area contributed by atoms with Crippen LogP contribution in [0, 0.1) is 11.8 Å². The van der Waals surface area contributed by atoms with Crippen molar-refractivity contribution < 1.29 is 9.53 Å². The Bertz CT molecular complexity index is 453. The van der Waals surface area contributed by atoms with E-state index < -0.39 is 0 Å². The van der Waals surface area contributed by atoms with E-state index in [1.807, 2.05) is 0 Å². The number of piperidine rings is 1. The second-order valence-electron chi connectivity index (χ2n) is 4.78. The van der Waals surface area contributed by atoms with E-state index in [1.165, 1.54) is 0 Å². The summed E-state index contributed by atoms with van der Waals surface area (Å²) in [6.07, 6.45) is 1.70. The average Bonchev–Trinajstić information content (AvgIpc) is 2.83. The average molecular weight is 247 g/mol. The lowest BCUT2D eigenvalue weighted by molar-refractivity contribution is 0.0527. The van der Waals surface area contributed by atoms with Gasteiger partial charge in [0.25, 0.3) is 0 Å². The predicted molar refractivity (Wildman–Crippen MR) is 67.5 cm³/mol. The Morgan fingerprint density at radius 2 is 2.33 bits per heavy atom. The van der Waals surface area contributed by atoms with Crippen molar-refractivity contribution in [3.05, 3.63) is 23.9 Å². The van der Waals surface area contributed by atoms with E-state index in [4.69, 9.17) is 4.74 Å². The smallest absolute Gasteiger partial charge is 0.341 e. The second-order valence-corrected chi connectivity index (χ2v) is 4.78. The molecule has 1 saturated carbocycles. The van der Waals surface area contributed by atoms with Crippen LogP contribution >= 0.6 is 0 Å². The highest BCUT2D eigenvalue weighted by molar-refractivity contribution is 5.94. The first-order valence-corrected chi connectivity index (χ1v) is 6.40. The first-order valence-electron chi connectivity index (χ1n) is 6.40. The summed E-state index contributed by atoms with van der Waals surface area (Å²) < 4.78 is 5.03. The van der Waals surface area contributed by atoms with Gasteiger partial charge in [-0.15, -0.1) is 0 Å². The Morgan fingerprint density at radius 3 is 3.06 bits per heavy atom. The molecule has 0 spiro atoms. The highest BCUT2D eigenvalue weighted by atomic mass is 16.5. The fourth-order valence-electron chi connectivity index (χ4n) is 2.68. The fraction of sp³-hybridized carbons (Fsp3) is 0.538. The molecular formula is C13H17N3O2. The number of nitrogens with one attached hydrogen (secondary N) is 2. The number of carbonyl (C=O) groups excluding carboxylic acids is 1. The maximum atomic E-state index is 11.8. The van der Waals surface area contributed by atoms with Gasteiger partial charge in [-0.3, -0.25) is 0 Å². The van der Waals surface area contributed by atoms with Crippen molar-refractivity contribution in [2.45, 2.75) is 13.0 Å². The molecule has 1 saturated heterocycles. The number of anilines is 1. The van der Waals surface area contributed by atoms with Crippen molar-refractivity contribution in [3.63, 3.8) is 0 Å². The minimum absolute atomic E-state index is 0.308. The summed E-state index contributed by atoms with van der Waals surface area (Å²) in [7, 11) is 0. The molecule has 0 amide bonds. The van der Waals surface area contributed by atoms with Gasteiger partial charge in [0.2, 0.25) is 0 Å². The third kappa shape index (κ3) is 1.95. The Morgan fingerprint density at radius 1 is 1.56 bits per heavy atom. The quantitative estimate of drug-likeness (QED) is 0.774. The number of fused-ring (bicyclic) bond motifs is 1. The summed E-state index contributed by atoms with van der Waals surface area (Å²) in [5.41, 5.74) is 0.525. The van der Waals surface area contributed by atoms with E-state index in [0.717, 1.165) is 13.1 Å². The number of carbonyl (C=O) groups is 1. The maximum absolute atomic E-state index is 11.8. The molecule has 96 valence electrons. The molecule has 1 aliphatic heterocycles. The van der Waals surface area contributed by atoms with Crippen molar-refractivity contribution in [2.24, 2.45) is 11.8 Å². The van der Waals surface area contributed by atoms with Gasteiger partial charge < -0.3 is 15.4 Å². The van der Waals surface area contributed by atoms with Crippen LogP contribution in [0.4, 0.5) is 5.82 Å². The number of hydrogen-bond donors (Lipinski definition) is 2. The Labute approximate surface area is 106 Å². The number of pyridine rings is 1. The van der Waals surface area contributed by atoms with Crippen molar-refractivity contribution in [3.8, 4) is 0 Å². The standard InChI is InChI=1S/C13H17N3O2/c1-2-18-13(17)8-4-3-5-15-12(8)16-11-9-6-14-7-10(9)11/h3-5,9-11,14H,2,6-7H2,1H3,(H,15,16). The SMILES string of the molecule is CCOC(=O)c1cccnc1NC1C2CNCC21. The van der Waals surface area contributed by atoms with Crippen molar-refractivity contribution in [1.29, 1.82) is 0 Å². The number of rotatable bonds is 4. The lowest BCUT2D eigenvalue weighted by Crippen LogP contribution is -2.23. The summed E-state index contributed by atoms with van der Waals surface area (Å²) in [5.74, 6) is 1.71. The number of nitrogens with zero attached hydrogens (tertiary/aromatic N) is 1. The predicted octanol–water partition coefficient (Wildman–Crippen LogP) is 0.888. The molecule has 2 fully saturated rings. The summed E-state index contributed by atoms with van der Waals surface area (Å²) in [6.45, 7) is 4.30. The lowest BCUT2D eigenvalue weighted by Gasteiger charge is -2.11. The van der Waals surface area contributed by atoms with Gasteiger partial charge in [0, 0.05) is 25.3 Å². The van der Waals surface area contributed by atoms with Gasteiger partial charge in [-0.25, -0.2) is 9.78 Å². The minimum Gasteiger partial charge on any atom is -0.462 e. The van der Waals surface area contributed by atoms with Crippen LogP contribution in [0.15, 0.2) is 18.3 Å². The van der Waals surface area contributed by atoms with Crippen LogP contribution in [0.1, 0.15) is 17.3 Å². The molecule has 1 aromatic heterocycles. The summed E-state index contributed by atoms with van der Waals surface area (Å²) in [4.78, 5) is 16.1. The molecule has 2 N–H and O–H groups in total. The van der Waals surface area contributed by atoms with Gasteiger partial charge >= 0.3 is 5.97 Å². The maximum Gasteiger partial charge on any atom is 0.341 e. The van der Waals surface area contributed by atoms with E-state index in [1.54, 1.807) is 25.3 Å². The van der Waals surface area contributed by atoms with E-state index >= 15 is 0 Å². The molecule has 0 radical (unpaired) electrons. The number of hydrogen-bond acceptors (Lipinski definition) is 5. The molecule has 18 heavy (non-hydrogen) atoms. The highest BCUT2D eigenvalue weighted by Gasteiger charge is 2.53. The number of aromatic nitrogens is 1. The molecule has 1 aliphatic carbocycles. The first kappa shape index (κ1) is 11.5.